The molecule has 96 valence electrons. The molecule has 0 bridgehead atoms. The van der Waals surface area contributed by atoms with Crippen molar-refractivity contribution in [1.29, 1.82) is 5.26 Å². The number of hydrogen-bond acceptors (Lipinski definition) is 2. The zero-order chi connectivity index (χ0) is 13.2. The molecule has 0 unspecified atom stereocenters. The first-order valence-corrected chi connectivity index (χ1v) is 5.73. The Morgan fingerprint density at radius 1 is 1.22 bits per heavy atom. The molecule has 0 aliphatic heterocycles. The van der Waals surface area contributed by atoms with Crippen LogP contribution in [-0.4, -0.2) is 6.54 Å². The molecule has 1 saturated carbocycles. The van der Waals surface area contributed by atoms with Crippen molar-refractivity contribution in [2.75, 3.05) is 11.9 Å². The Kier molecular flexibility index (Phi) is 3.20. The minimum absolute atomic E-state index is 0.0391. The fourth-order valence-corrected chi connectivity index (χ4v) is 1.83. The van der Waals surface area contributed by atoms with Crippen molar-refractivity contribution in [3.63, 3.8) is 0 Å². The van der Waals surface area contributed by atoms with Crippen molar-refractivity contribution in [3.05, 3.63) is 29.8 Å². The molecule has 1 N–H and O–H groups in total. The fraction of sp³-hybridized carbons (Fsp3) is 0.462. The minimum Gasteiger partial charge on any atom is -0.384 e. The van der Waals surface area contributed by atoms with Gasteiger partial charge in [0.25, 0.3) is 0 Å². The maximum atomic E-state index is 12.3. The van der Waals surface area contributed by atoms with Crippen molar-refractivity contribution >= 4 is 5.69 Å². The Morgan fingerprint density at radius 2 is 1.83 bits per heavy atom. The zero-order valence-corrected chi connectivity index (χ0v) is 9.72. The van der Waals surface area contributed by atoms with Crippen LogP contribution >= 0.6 is 0 Å². The highest BCUT2D eigenvalue weighted by atomic mass is 19.4. The Morgan fingerprint density at radius 3 is 2.28 bits per heavy atom. The predicted molar refractivity (Wildman–Crippen MR) is 61.8 cm³/mol. The van der Waals surface area contributed by atoms with E-state index in [2.05, 4.69) is 11.4 Å². The van der Waals surface area contributed by atoms with E-state index in [0.717, 1.165) is 25.0 Å². The SMILES string of the molecule is N#CCC1(CNc2ccc(C(F)(F)F)cc2)CC1. The lowest BCUT2D eigenvalue weighted by Crippen LogP contribution is -2.15. The van der Waals surface area contributed by atoms with Crippen molar-refractivity contribution in [3.8, 4) is 6.07 Å². The van der Waals surface area contributed by atoms with Gasteiger partial charge in [-0.3, -0.25) is 0 Å². The Balaban J connectivity index is 1.93. The second-order valence-corrected chi connectivity index (χ2v) is 4.76. The summed E-state index contributed by atoms with van der Waals surface area (Å²) in [5.74, 6) is 0. The molecule has 1 aliphatic carbocycles. The second kappa shape index (κ2) is 4.52. The van der Waals surface area contributed by atoms with Gasteiger partial charge in [-0.1, -0.05) is 0 Å². The molecule has 5 heteroatoms. The van der Waals surface area contributed by atoms with Crippen LogP contribution in [0.5, 0.6) is 0 Å². The van der Waals surface area contributed by atoms with Gasteiger partial charge in [0.1, 0.15) is 0 Å². The average molecular weight is 254 g/mol. The van der Waals surface area contributed by atoms with E-state index in [1.807, 2.05) is 0 Å². The first-order chi connectivity index (χ1) is 8.45. The molecule has 1 aromatic rings. The first-order valence-electron chi connectivity index (χ1n) is 5.73. The van der Waals surface area contributed by atoms with Crippen LogP contribution in [0.25, 0.3) is 0 Å². The highest BCUT2D eigenvalue weighted by molar-refractivity contribution is 5.45. The molecule has 1 fully saturated rings. The summed E-state index contributed by atoms with van der Waals surface area (Å²) in [6.07, 6.45) is -1.78. The van der Waals surface area contributed by atoms with E-state index in [0.29, 0.717) is 18.7 Å². The summed E-state index contributed by atoms with van der Waals surface area (Å²) in [5.41, 5.74) is 0.0516. The molecule has 1 aliphatic rings. The van der Waals surface area contributed by atoms with Crippen LogP contribution in [-0.2, 0) is 6.18 Å². The van der Waals surface area contributed by atoms with Crippen LogP contribution in [0.15, 0.2) is 24.3 Å². The summed E-state index contributed by atoms with van der Waals surface area (Å²) in [6.45, 7) is 0.645. The molecule has 18 heavy (non-hydrogen) atoms. The maximum Gasteiger partial charge on any atom is 0.416 e. The van der Waals surface area contributed by atoms with Gasteiger partial charge in [0.2, 0.25) is 0 Å². The van der Waals surface area contributed by atoms with Gasteiger partial charge < -0.3 is 5.32 Å². The first kappa shape index (κ1) is 12.7. The summed E-state index contributed by atoms with van der Waals surface area (Å²) >= 11 is 0. The minimum atomic E-state index is -4.29. The van der Waals surface area contributed by atoms with E-state index >= 15 is 0 Å². The summed E-state index contributed by atoms with van der Waals surface area (Å²) in [4.78, 5) is 0. The normalized spacial score (nSPS) is 17.0. The third-order valence-electron chi connectivity index (χ3n) is 3.29. The van der Waals surface area contributed by atoms with Crippen LogP contribution in [0.2, 0.25) is 0 Å². The molecule has 0 amide bonds. The lowest BCUT2D eigenvalue weighted by Gasteiger charge is -2.14. The van der Waals surface area contributed by atoms with Crippen molar-refractivity contribution in [2.24, 2.45) is 5.41 Å². The van der Waals surface area contributed by atoms with Gasteiger partial charge in [0.15, 0.2) is 0 Å². The third-order valence-corrected chi connectivity index (χ3v) is 3.29. The zero-order valence-electron chi connectivity index (χ0n) is 9.72. The Labute approximate surface area is 103 Å². The highest BCUT2D eigenvalue weighted by Gasteiger charge is 2.42. The molecule has 0 atom stereocenters. The van der Waals surface area contributed by atoms with Gasteiger partial charge in [-0.2, -0.15) is 18.4 Å². The molecule has 2 nitrogen and oxygen atoms in total. The van der Waals surface area contributed by atoms with Crippen LogP contribution in [0.4, 0.5) is 18.9 Å². The smallest absolute Gasteiger partial charge is 0.384 e. The number of nitrogens with one attached hydrogen (secondary N) is 1. The number of halogens is 3. The second-order valence-electron chi connectivity index (χ2n) is 4.76. The molecule has 0 spiro atoms. The fourth-order valence-electron chi connectivity index (χ4n) is 1.83. The quantitative estimate of drug-likeness (QED) is 0.886. The summed E-state index contributed by atoms with van der Waals surface area (Å²) in [6, 6.07) is 7.11. The number of rotatable bonds is 4. The van der Waals surface area contributed by atoms with Gasteiger partial charge in [0.05, 0.1) is 11.6 Å². The summed E-state index contributed by atoms with van der Waals surface area (Å²) in [5, 5.41) is 11.8. The van der Waals surface area contributed by atoms with Gasteiger partial charge in [-0.05, 0) is 37.1 Å². The topological polar surface area (TPSA) is 35.8 Å². The lowest BCUT2D eigenvalue weighted by molar-refractivity contribution is -0.137. The lowest BCUT2D eigenvalue weighted by atomic mass is 10.0. The number of alkyl halides is 3. The molecular formula is C13H13F3N2. The monoisotopic (exact) mass is 254 g/mol. The van der Waals surface area contributed by atoms with Crippen molar-refractivity contribution in [1.82, 2.24) is 0 Å². The van der Waals surface area contributed by atoms with Gasteiger partial charge in [-0.15, -0.1) is 0 Å². The van der Waals surface area contributed by atoms with Gasteiger partial charge in [-0.25, -0.2) is 0 Å². The number of nitrogens with zero attached hydrogens (tertiary/aromatic N) is 1. The van der Waals surface area contributed by atoms with Crippen LogP contribution in [0.3, 0.4) is 0 Å². The number of benzene rings is 1. The standard InChI is InChI=1S/C13H13F3N2/c14-13(15,16)10-1-3-11(4-2-10)18-9-12(5-6-12)7-8-17/h1-4,18H,5-7,9H2. The van der Waals surface area contributed by atoms with E-state index in [9.17, 15) is 13.2 Å². The molecule has 0 saturated heterocycles. The molecule has 1 aromatic carbocycles. The highest BCUT2D eigenvalue weighted by Crippen LogP contribution is 2.48. The largest absolute Gasteiger partial charge is 0.416 e. The molecular weight excluding hydrogens is 241 g/mol. The Bertz CT molecular complexity index is 453. The van der Waals surface area contributed by atoms with E-state index in [1.54, 1.807) is 0 Å². The van der Waals surface area contributed by atoms with E-state index in [-0.39, 0.29) is 5.41 Å². The predicted octanol–water partition coefficient (Wildman–Crippen LogP) is 3.81. The molecule has 0 aromatic heterocycles. The molecule has 2 rings (SSSR count). The maximum absolute atomic E-state index is 12.3. The number of nitriles is 1. The average Bonchev–Trinajstić information content (AvgIpc) is 3.07. The Hall–Kier alpha value is -1.70. The van der Waals surface area contributed by atoms with E-state index < -0.39 is 11.7 Å². The summed E-state index contributed by atoms with van der Waals surface area (Å²) < 4.78 is 37.0. The van der Waals surface area contributed by atoms with Gasteiger partial charge >= 0.3 is 6.18 Å². The van der Waals surface area contributed by atoms with Crippen LogP contribution in [0.1, 0.15) is 24.8 Å². The van der Waals surface area contributed by atoms with Crippen molar-refractivity contribution in [2.45, 2.75) is 25.4 Å². The number of hydrogen-bond donors (Lipinski definition) is 1. The molecule has 0 radical (unpaired) electrons. The third kappa shape index (κ3) is 2.95. The summed E-state index contributed by atoms with van der Waals surface area (Å²) in [7, 11) is 0. The van der Waals surface area contributed by atoms with E-state index in [4.69, 9.17) is 5.26 Å². The van der Waals surface area contributed by atoms with E-state index in [1.165, 1.54) is 12.1 Å². The molecule has 0 heterocycles. The van der Waals surface area contributed by atoms with Crippen LogP contribution in [0, 0.1) is 16.7 Å². The number of anilines is 1. The van der Waals surface area contributed by atoms with Crippen LogP contribution < -0.4 is 5.32 Å². The van der Waals surface area contributed by atoms with Crippen molar-refractivity contribution < 1.29 is 13.2 Å². The van der Waals surface area contributed by atoms with Gasteiger partial charge in [0, 0.05) is 24.1 Å².